The maximum Gasteiger partial charge on any atom is 0.433 e. The standard InChI is InChI=1S/C18H20ClF3N4O2/c1-2-28-16(27)13-9-3-5-10(6-4-9)14(13)23-15-11-7-8-12(18(20,21)22)26(11)25-17(19)24-15/h7-10,13-14H,2-6H2,1H3,(H,23,24,25). The van der Waals surface area contributed by atoms with Gasteiger partial charge in [0, 0.05) is 6.04 Å². The van der Waals surface area contributed by atoms with E-state index in [9.17, 15) is 18.0 Å². The molecule has 2 atom stereocenters. The van der Waals surface area contributed by atoms with Crippen molar-refractivity contribution in [3.63, 3.8) is 0 Å². The molecule has 0 aliphatic heterocycles. The lowest BCUT2D eigenvalue weighted by atomic mass is 9.61. The molecule has 0 spiro atoms. The molecular weight excluding hydrogens is 397 g/mol. The lowest BCUT2D eigenvalue weighted by molar-refractivity contribution is -0.154. The lowest BCUT2D eigenvalue weighted by Crippen LogP contribution is -2.52. The summed E-state index contributed by atoms with van der Waals surface area (Å²) in [5, 5.41) is 6.63. The number of esters is 1. The molecule has 3 aliphatic rings. The Labute approximate surface area is 164 Å². The third-order valence-electron chi connectivity index (χ3n) is 5.86. The van der Waals surface area contributed by atoms with E-state index in [0.29, 0.717) is 0 Å². The number of halogens is 4. The molecule has 0 amide bonds. The summed E-state index contributed by atoms with van der Waals surface area (Å²) in [6, 6.07) is 1.99. The molecule has 28 heavy (non-hydrogen) atoms. The van der Waals surface area contributed by atoms with Gasteiger partial charge in [0.25, 0.3) is 0 Å². The van der Waals surface area contributed by atoms with E-state index in [1.807, 2.05) is 0 Å². The van der Waals surface area contributed by atoms with Gasteiger partial charge in [-0.05, 0) is 68.2 Å². The topological polar surface area (TPSA) is 68.5 Å². The van der Waals surface area contributed by atoms with Crippen LogP contribution in [0.25, 0.3) is 5.52 Å². The predicted octanol–water partition coefficient (Wildman–Crippen LogP) is 4.18. The van der Waals surface area contributed by atoms with Crippen LogP contribution in [0.2, 0.25) is 5.28 Å². The van der Waals surface area contributed by atoms with Gasteiger partial charge < -0.3 is 10.1 Å². The van der Waals surface area contributed by atoms with Crippen molar-refractivity contribution in [1.29, 1.82) is 0 Å². The number of carbonyl (C=O) groups excluding carboxylic acids is 1. The molecule has 6 nitrogen and oxygen atoms in total. The van der Waals surface area contributed by atoms with Gasteiger partial charge in [0.05, 0.1) is 12.5 Å². The fourth-order valence-electron chi connectivity index (χ4n) is 4.68. The first kappa shape index (κ1) is 19.3. The highest BCUT2D eigenvalue weighted by atomic mass is 35.5. The number of nitrogens with one attached hydrogen (secondary N) is 1. The molecular formula is C18H20ClF3N4O2. The molecule has 3 fully saturated rings. The minimum Gasteiger partial charge on any atom is -0.466 e. The molecule has 2 bridgehead atoms. The fraction of sp³-hybridized carbons (Fsp3) is 0.611. The van der Waals surface area contributed by atoms with E-state index in [0.717, 1.165) is 36.3 Å². The second-order valence-electron chi connectivity index (χ2n) is 7.37. The van der Waals surface area contributed by atoms with Gasteiger partial charge >= 0.3 is 12.1 Å². The van der Waals surface area contributed by atoms with Gasteiger partial charge in [0.15, 0.2) is 5.82 Å². The number of aromatic nitrogens is 3. The summed E-state index contributed by atoms with van der Waals surface area (Å²) in [5.41, 5.74) is -0.761. The number of alkyl halides is 3. The van der Waals surface area contributed by atoms with Gasteiger partial charge in [-0.2, -0.15) is 18.2 Å². The Kier molecular flexibility index (Phi) is 4.89. The van der Waals surface area contributed by atoms with Crippen LogP contribution in [0.1, 0.15) is 38.3 Å². The first-order chi connectivity index (χ1) is 13.3. The van der Waals surface area contributed by atoms with E-state index in [2.05, 4.69) is 15.4 Å². The van der Waals surface area contributed by atoms with Crippen LogP contribution >= 0.6 is 11.6 Å². The number of rotatable bonds is 4. The second kappa shape index (κ2) is 7.09. The summed E-state index contributed by atoms with van der Waals surface area (Å²) in [5.74, 6) is 0.00946. The van der Waals surface area contributed by atoms with Gasteiger partial charge in [-0.25, -0.2) is 4.52 Å². The largest absolute Gasteiger partial charge is 0.466 e. The Bertz CT molecular complexity index is 893. The van der Waals surface area contributed by atoms with Crippen LogP contribution in [-0.4, -0.2) is 33.2 Å². The average Bonchev–Trinajstić information content (AvgIpc) is 3.07. The lowest BCUT2D eigenvalue weighted by Gasteiger charge is -2.47. The van der Waals surface area contributed by atoms with E-state index >= 15 is 0 Å². The Morgan fingerprint density at radius 3 is 2.61 bits per heavy atom. The molecule has 2 heterocycles. The van der Waals surface area contributed by atoms with E-state index in [1.54, 1.807) is 6.92 Å². The van der Waals surface area contributed by atoms with Crippen LogP contribution < -0.4 is 5.32 Å². The Morgan fingerprint density at radius 2 is 1.96 bits per heavy atom. The Morgan fingerprint density at radius 1 is 1.29 bits per heavy atom. The third-order valence-corrected chi connectivity index (χ3v) is 6.02. The molecule has 1 N–H and O–H groups in total. The summed E-state index contributed by atoms with van der Waals surface area (Å²) in [6.45, 7) is 2.05. The highest BCUT2D eigenvalue weighted by molar-refractivity contribution is 6.28. The molecule has 10 heteroatoms. The highest BCUT2D eigenvalue weighted by Gasteiger charge is 2.48. The number of anilines is 1. The molecule has 2 aromatic rings. The highest BCUT2D eigenvalue weighted by Crippen LogP contribution is 2.47. The van der Waals surface area contributed by atoms with E-state index < -0.39 is 11.9 Å². The van der Waals surface area contributed by atoms with Gasteiger partial charge in [-0.3, -0.25) is 4.79 Å². The van der Waals surface area contributed by atoms with Crippen LogP contribution in [0.15, 0.2) is 12.1 Å². The van der Waals surface area contributed by atoms with Gasteiger partial charge in [-0.1, -0.05) is 0 Å². The minimum atomic E-state index is -4.57. The molecule has 5 rings (SSSR count). The third kappa shape index (κ3) is 3.29. The van der Waals surface area contributed by atoms with Crippen molar-refractivity contribution >= 4 is 28.9 Å². The summed E-state index contributed by atoms with van der Waals surface area (Å²) in [7, 11) is 0. The zero-order chi connectivity index (χ0) is 20.1. The van der Waals surface area contributed by atoms with Crippen molar-refractivity contribution in [3.8, 4) is 0 Å². The molecule has 0 radical (unpaired) electrons. The molecule has 3 saturated carbocycles. The van der Waals surface area contributed by atoms with E-state index in [4.69, 9.17) is 16.3 Å². The average molecular weight is 417 g/mol. The summed E-state index contributed by atoms with van der Waals surface area (Å²) in [6.07, 6.45) is -0.742. The van der Waals surface area contributed by atoms with Crippen molar-refractivity contribution in [2.24, 2.45) is 17.8 Å². The number of hydrogen-bond donors (Lipinski definition) is 1. The van der Waals surface area contributed by atoms with Crippen LogP contribution in [0.5, 0.6) is 0 Å². The number of ether oxygens (including phenoxy) is 1. The number of hydrogen-bond acceptors (Lipinski definition) is 5. The molecule has 152 valence electrons. The van der Waals surface area contributed by atoms with Crippen molar-refractivity contribution in [2.45, 2.75) is 44.8 Å². The molecule has 2 unspecified atom stereocenters. The van der Waals surface area contributed by atoms with Crippen LogP contribution in [0.4, 0.5) is 19.0 Å². The van der Waals surface area contributed by atoms with Crippen molar-refractivity contribution in [3.05, 3.63) is 23.1 Å². The van der Waals surface area contributed by atoms with Crippen molar-refractivity contribution < 1.29 is 22.7 Å². The van der Waals surface area contributed by atoms with Gasteiger partial charge in [0.1, 0.15) is 11.2 Å². The molecule has 2 aromatic heterocycles. The van der Waals surface area contributed by atoms with E-state index in [-0.39, 0.29) is 53.0 Å². The first-order valence-corrected chi connectivity index (χ1v) is 9.73. The monoisotopic (exact) mass is 416 g/mol. The van der Waals surface area contributed by atoms with Gasteiger partial charge in [0.2, 0.25) is 5.28 Å². The predicted molar refractivity (Wildman–Crippen MR) is 96.0 cm³/mol. The van der Waals surface area contributed by atoms with Crippen molar-refractivity contribution in [2.75, 3.05) is 11.9 Å². The van der Waals surface area contributed by atoms with E-state index in [1.165, 1.54) is 6.07 Å². The summed E-state index contributed by atoms with van der Waals surface area (Å²) >= 11 is 5.91. The number of carbonyl (C=O) groups is 1. The quantitative estimate of drug-likeness (QED) is 0.757. The zero-order valence-corrected chi connectivity index (χ0v) is 15.9. The molecule has 0 aromatic carbocycles. The number of fused-ring (bicyclic) bond motifs is 4. The maximum absolute atomic E-state index is 13.2. The van der Waals surface area contributed by atoms with Crippen LogP contribution in [-0.2, 0) is 15.7 Å². The first-order valence-electron chi connectivity index (χ1n) is 9.35. The molecule has 0 saturated heterocycles. The number of nitrogens with zero attached hydrogens (tertiary/aromatic N) is 3. The van der Waals surface area contributed by atoms with Gasteiger partial charge in [-0.15, -0.1) is 5.10 Å². The Balaban J connectivity index is 1.72. The van der Waals surface area contributed by atoms with Crippen LogP contribution in [0, 0.1) is 17.8 Å². The second-order valence-corrected chi connectivity index (χ2v) is 7.70. The summed E-state index contributed by atoms with van der Waals surface area (Å²) in [4.78, 5) is 16.7. The Hall–Kier alpha value is -2.03. The smallest absolute Gasteiger partial charge is 0.433 e. The van der Waals surface area contributed by atoms with Crippen molar-refractivity contribution in [1.82, 2.24) is 14.6 Å². The normalized spacial score (nSPS) is 27.2. The SMILES string of the molecule is CCOC(=O)C1C2CCC(CC2)C1Nc1nc(Cl)nn2c(C(F)(F)F)ccc12. The fourth-order valence-corrected chi connectivity index (χ4v) is 4.84. The molecule has 3 aliphatic carbocycles. The zero-order valence-electron chi connectivity index (χ0n) is 15.2. The maximum atomic E-state index is 13.2. The minimum absolute atomic E-state index is 0.167. The summed E-state index contributed by atoms with van der Waals surface area (Å²) < 4.78 is 45.7. The van der Waals surface area contributed by atoms with Crippen LogP contribution in [0.3, 0.4) is 0 Å².